The maximum atomic E-state index is 4.97. The lowest BCUT2D eigenvalue weighted by atomic mass is 10.1. The van der Waals surface area contributed by atoms with E-state index in [1.54, 1.807) is 0 Å². The molecule has 1 atom stereocenters. The van der Waals surface area contributed by atoms with Crippen molar-refractivity contribution < 1.29 is 0 Å². The number of aromatic nitrogens is 2. The van der Waals surface area contributed by atoms with Crippen molar-refractivity contribution in [3.63, 3.8) is 0 Å². The Labute approximate surface area is 209 Å². The average Bonchev–Trinajstić information content (AvgIpc) is 2.87. The number of piperazine rings is 1. The molecule has 0 saturated carbocycles. The summed E-state index contributed by atoms with van der Waals surface area (Å²) in [5.74, 6) is 1.88. The van der Waals surface area contributed by atoms with Crippen molar-refractivity contribution in [1.29, 1.82) is 0 Å². The molecule has 3 aliphatic rings. The van der Waals surface area contributed by atoms with Crippen molar-refractivity contribution in [3.05, 3.63) is 72.1 Å². The largest absolute Gasteiger partial charge is 0.369 e. The van der Waals surface area contributed by atoms with Crippen LogP contribution in [-0.2, 0) is 13.1 Å². The number of hydrogen-bond donors (Lipinski definition) is 1. The molecule has 0 spiro atoms. The molecule has 3 aromatic carbocycles. The fourth-order valence-corrected chi connectivity index (χ4v) is 6.25. The van der Waals surface area contributed by atoms with Crippen molar-refractivity contribution in [3.8, 4) is 0 Å². The summed E-state index contributed by atoms with van der Waals surface area (Å²) in [6, 6.07) is 22.3. The summed E-state index contributed by atoms with van der Waals surface area (Å²) in [5, 5.41) is 8.82. The van der Waals surface area contributed by atoms with E-state index < -0.39 is 0 Å². The predicted octanol–water partition coefficient (Wildman–Crippen LogP) is 4.07. The van der Waals surface area contributed by atoms with Crippen molar-refractivity contribution in [2.45, 2.75) is 19.5 Å². The van der Waals surface area contributed by atoms with E-state index in [4.69, 9.17) is 9.97 Å². The van der Waals surface area contributed by atoms with Crippen molar-refractivity contribution in [1.82, 2.24) is 24.4 Å². The van der Waals surface area contributed by atoms with Gasteiger partial charge in [-0.3, -0.25) is 14.5 Å². The number of fused-ring (bicyclic) bond motifs is 8. The van der Waals surface area contributed by atoms with Crippen LogP contribution in [-0.4, -0.2) is 70.8 Å². The van der Waals surface area contributed by atoms with Gasteiger partial charge in [-0.15, -0.1) is 0 Å². The van der Waals surface area contributed by atoms with E-state index in [1.165, 1.54) is 21.6 Å². The monoisotopic (exact) mass is 484 g/mol. The molecule has 180 valence electrons. The van der Waals surface area contributed by atoms with Crippen LogP contribution < -0.4 is 10.6 Å². The summed E-state index contributed by atoms with van der Waals surface area (Å²) in [6.07, 6.45) is 1.07. The van der Waals surface area contributed by atoms with Gasteiger partial charge in [0.25, 0.3) is 0 Å². The van der Waals surface area contributed by atoms with Gasteiger partial charge in [-0.05, 0) is 68.1 Å². The molecule has 0 radical (unpaired) electrons. The zero-order chi connectivity index (χ0) is 23.6. The Morgan fingerprint density at radius 1 is 0.800 bits per heavy atom. The smallest absolute Gasteiger partial charge is 0.145 e. The molecule has 1 unspecified atom stereocenters. The highest BCUT2D eigenvalue weighted by Gasteiger charge is 2.19. The number of rotatable bonds is 0. The summed E-state index contributed by atoms with van der Waals surface area (Å²) in [5.41, 5.74) is 2.43. The molecule has 7 heteroatoms. The molecule has 4 aromatic rings. The van der Waals surface area contributed by atoms with Crippen LogP contribution in [0.25, 0.3) is 21.7 Å². The van der Waals surface area contributed by atoms with Gasteiger partial charge < -0.3 is 5.32 Å². The molecule has 7 rings (SSSR count). The molecule has 4 heterocycles. The first kappa shape index (κ1) is 22.8. The van der Waals surface area contributed by atoms with E-state index in [2.05, 4.69) is 87.5 Å². The SMILES string of the molecule is CN1CCCNc2nc(nc3ccccc23)CN2CCN(CC2)Cc2ccc3ccc(cc3c2)P1. The minimum absolute atomic E-state index is 0.674. The van der Waals surface area contributed by atoms with Gasteiger partial charge >= 0.3 is 0 Å². The topological polar surface area (TPSA) is 47.5 Å². The summed E-state index contributed by atoms with van der Waals surface area (Å²) in [7, 11) is 2.90. The van der Waals surface area contributed by atoms with Crippen LogP contribution in [0.15, 0.2) is 60.7 Å². The molecule has 3 aliphatic heterocycles. The highest BCUT2D eigenvalue weighted by molar-refractivity contribution is 7.44. The Kier molecular flexibility index (Phi) is 6.62. The van der Waals surface area contributed by atoms with Gasteiger partial charge in [0.05, 0.1) is 12.1 Å². The highest BCUT2D eigenvalue weighted by Crippen LogP contribution is 2.24. The van der Waals surface area contributed by atoms with E-state index in [0.29, 0.717) is 8.73 Å². The van der Waals surface area contributed by atoms with Crippen LogP contribution in [0.2, 0.25) is 0 Å². The first-order chi connectivity index (χ1) is 17.2. The van der Waals surface area contributed by atoms with Crippen LogP contribution in [0.4, 0.5) is 5.82 Å². The van der Waals surface area contributed by atoms with Crippen molar-refractivity contribution in [2.75, 3.05) is 51.6 Å². The second kappa shape index (κ2) is 10.2. The zero-order valence-electron chi connectivity index (χ0n) is 20.4. The van der Waals surface area contributed by atoms with E-state index in [9.17, 15) is 0 Å². The molecule has 1 saturated heterocycles. The fourth-order valence-electron chi connectivity index (χ4n) is 5.16. The van der Waals surface area contributed by atoms with Gasteiger partial charge in [0.15, 0.2) is 0 Å². The van der Waals surface area contributed by atoms with Crippen LogP contribution in [0.1, 0.15) is 17.8 Å². The lowest BCUT2D eigenvalue weighted by Crippen LogP contribution is -2.45. The van der Waals surface area contributed by atoms with Crippen LogP contribution >= 0.6 is 8.73 Å². The lowest BCUT2D eigenvalue weighted by Gasteiger charge is -2.34. The number of anilines is 1. The Balaban J connectivity index is 1.28. The predicted molar refractivity (Wildman–Crippen MR) is 148 cm³/mol. The lowest BCUT2D eigenvalue weighted by molar-refractivity contribution is 0.120. The Morgan fingerprint density at radius 3 is 2.49 bits per heavy atom. The molecule has 35 heavy (non-hydrogen) atoms. The second-order valence-electron chi connectivity index (χ2n) is 9.77. The van der Waals surface area contributed by atoms with Gasteiger partial charge in [-0.25, -0.2) is 9.97 Å². The summed E-state index contributed by atoms with van der Waals surface area (Å²) < 4.78 is 2.44. The van der Waals surface area contributed by atoms with E-state index >= 15 is 0 Å². The Bertz CT molecular complexity index is 1330. The first-order valence-corrected chi connectivity index (χ1v) is 13.6. The number of nitrogens with zero attached hydrogens (tertiary/aromatic N) is 5. The molecular weight excluding hydrogens is 451 g/mol. The fraction of sp³-hybridized carbons (Fsp3) is 0.357. The zero-order valence-corrected chi connectivity index (χ0v) is 21.4. The molecule has 1 aromatic heterocycles. The third-order valence-electron chi connectivity index (χ3n) is 7.07. The second-order valence-corrected chi connectivity index (χ2v) is 11.3. The average molecular weight is 485 g/mol. The van der Waals surface area contributed by atoms with Crippen LogP contribution in [0, 0.1) is 0 Å². The van der Waals surface area contributed by atoms with Gasteiger partial charge in [-0.1, -0.05) is 36.4 Å². The van der Waals surface area contributed by atoms with Gasteiger partial charge in [0.2, 0.25) is 0 Å². The van der Waals surface area contributed by atoms with Crippen molar-refractivity contribution >= 4 is 41.5 Å². The molecule has 0 aliphatic carbocycles. The third-order valence-corrected chi connectivity index (χ3v) is 8.25. The Morgan fingerprint density at radius 2 is 1.60 bits per heavy atom. The minimum atomic E-state index is 0.674. The number of nitrogens with one attached hydrogen (secondary N) is 1. The maximum Gasteiger partial charge on any atom is 0.145 e. The molecule has 7 bridgehead atoms. The number of para-hydroxylation sites is 1. The normalized spacial score (nSPS) is 22.7. The highest BCUT2D eigenvalue weighted by atomic mass is 31.1. The van der Waals surface area contributed by atoms with Gasteiger partial charge in [0.1, 0.15) is 11.6 Å². The first-order valence-electron chi connectivity index (χ1n) is 12.6. The summed E-state index contributed by atoms with van der Waals surface area (Å²) in [6.45, 7) is 7.99. The number of hydrogen-bond acceptors (Lipinski definition) is 6. The third kappa shape index (κ3) is 5.31. The quantitative estimate of drug-likeness (QED) is 0.380. The van der Waals surface area contributed by atoms with Gasteiger partial charge in [-0.2, -0.15) is 0 Å². The minimum Gasteiger partial charge on any atom is -0.369 e. The molecule has 1 fully saturated rings. The van der Waals surface area contributed by atoms with Crippen LogP contribution in [0.5, 0.6) is 0 Å². The number of benzene rings is 3. The Hall–Kier alpha value is -2.63. The molecule has 6 nitrogen and oxygen atoms in total. The molecule has 0 amide bonds. The van der Waals surface area contributed by atoms with Crippen LogP contribution in [0.3, 0.4) is 0 Å². The van der Waals surface area contributed by atoms with Gasteiger partial charge in [0, 0.05) is 51.2 Å². The standard InChI is InChI=1S/C28H33N6P/c1-32-12-4-11-29-28-25-5-2-3-6-26(25)30-27(31-28)20-34-15-13-33(14-16-34)19-21-7-8-22-9-10-24(35-32)18-23(22)17-21/h2-3,5-10,17-18,35H,4,11-16,19-20H2,1H3,(H,29,30,31). The summed E-state index contributed by atoms with van der Waals surface area (Å²) >= 11 is 0. The van der Waals surface area contributed by atoms with E-state index in [-0.39, 0.29) is 0 Å². The maximum absolute atomic E-state index is 4.97. The van der Waals surface area contributed by atoms with E-state index in [1.807, 2.05) is 0 Å². The van der Waals surface area contributed by atoms with E-state index in [0.717, 1.165) is 81.3 Å². The molecule has 1 N–H and O–H groups in total. The summed E-state index contributed by atoms with van der Waals surface area (Å²) in [4.78, 5) is 14.9. The molecular formula is C28H33N6P. The van der Waals surface area contributed by atoms with Crippen molar-refractivity contribution in [2.24, 2.45) is 0 Å².